The second kappa shape index (κ2) is 3.57. The molecule has 1 aliphatic rings. The molecule has 2 aromatic rings. The van der Waals surface area contributed by atoms with Crippen LogP contribution in [0.1, 0.15) is 5.82 Å². The van der Waals surface area contributed by atoms with Gasteiger partial charge in [-0.1, -0.05) is 0 Å². The third kappa shape index (κ3) is 1.35. The number of hydrogen-bond donors (Lipinski definition) is 1. The van der Waals surface area contributed by atoms with Gasteiger partial charge in [-0.3, -0.25) is 9.55 Å². The third-order valence-electron chi connectivity index (χ3n) is 2.64. The van der Waals surface area contributed by atoms with Crippen LogP contribution in [0.25, 0.3) is 5.69 Å². The fourth-order valence-electron chi connectivity index (χ4n) is 1.84. The molecule has 0 atom stereocenters. The summed E-state index contributed by atoms with van der Waals surface area (Å²) in [7, 11) is 0. The summed E-state index contributed by atoms with van der Waals surface area (Å²) in [6.07, 6.45) is 3.30. The van der Waals surface area contributed by atoms with E-state index < -0.39 is 0 Å². The summed E-state index contributed by atoms with van der Waals surface area (Å²) in [5.41, 5.74) is 0.671. The highest BCUT2D eigenvalue weighted by Crippen LogP contribution is 2.04. The first-order chi connectivity index (χ1) is 7.86. The van der Waals surface area contributed by atoms with Crippen LogP contribution in [0.4, 0.5) is 0 Å². The average molecular weight is 217 g/mol. The molecule has 16 heavy (non-hydrogen) atoms. The van der Waals surface area contributed by atoms with Gasteiger partial charge in [0.1, 0.15) is 5.82 Å². The van der Waals surface area contributed by atoms with Gasteiger partial charge in [-0.25, -0.2) is 4.79 Å². The molecule has 0 amide bonds. The highest BCUT2D eigenvalue weighted by Gasteiger charge is 2.16. The SMILES string of the molecule is O=c1n(-c2ccncc2)nc2n1CCNC2. The molecule has 0 unspecified atom stereocenters. The lowest BCUT2D eigenvalue weighted by molar-refractivity contribution is 0.497. The monoisotopic (exact) mass is 217 g/mol. The smallest absolute Gasteiger partial charge is 0.308 e. The second-order valence-corrected chi connectivity index (χ2v) is 3.64. The van der Waals surface area contributed by atoms with Crippen LogP contribution in [0.2, 0.25) is 0 Å². The van der Waals surface area contributed by atoms with E-state index in [0.29, 0.717) is 13.1 Å². The largest absolute Gasteiger partial charge is 0.350 e. The van der Waals surface area contributed by atoms with Crippen molar-refractivity contribution in [1.29, 1.82) is 0 Å². The Labute approximate surface area is 91.5 Å². The first-order valence-corrected chi connectivity index (χ1v) is 5.16. The maximum atomic E-state index is 12.0. The molecule has 0 aliphatic carbocycles. The molecule has 0 bridgehead atoms. The summed E-state index contributed by atoms with van der Waals surface area (Å²) >= 11 is 0. The molecule has 0 fully saturated rings. The van der Waals surface area contributed by atoms with Crippen molar-refractivity contribution in [1.82, 2.24) is 24.6 Å². The van der Waals surface area contributed by atoms with Crippen LogP contribution in [0.15, 0.2) is 29.3 Å². The van der Waals surface area contributed by atoms with Gasteiger partial charge in [-0.15, -0.1) is 5.10 Å². The van der Waals surface area contributed by atoms with Gasteiger partial charge in [0.05, 0.1) is 12.2 Å². The number of pyridine rings is 1. The minimum absolute atomic E-state index is 0.0808. The lowest BCUT2D eigenvalue weighted by atomic mass is 10.4. The zero-order valence-electron chi connectivity index (χ0n) is 8.63. The second-order valence-electron chi connectivity index (χ2n) is 3.64. The van der Waals surface area contributed by atoms with Gasteiger partial charge in [0.15, 0.2) is 0 Å². The van der Waals surface area contributed by atoms with Crippen molar-refractivity contribution < 1.29 is 0 Å². The molecule has 6 heteroatoms. The number of hydrogen-bond acceptors (Lipinski definition) is 4. The van der Waals surface area contributed by atoms with Gasteiger partial charge in [0, 0.05) is 25.5 Å². The minimum Gasteiger partial charge on any atom is -0.308 e. The Balaban J connectivity index is 2.16. The molecule has 0 radical (unpaired) electrons. The van der Waals surface area contributed by atoms with Crippen LogP contribution >= 0.6 is 0 Å². The lowest BCUT2D eigenvalue weighted by Crippen LogP contribution is -2.34. The standard InChI is InChI=1S/C10H11N5O/c16-10-14-6-5-12-7-9(14)13-15(10)8-1-3-11-4-2-8/h1-4,12H,5-7H2. The van der Waals surface area contributed by atoms with Gasteiger partial charge in [-0.05, 0) is 12.1 Å². The quantitative estimate of drug-likeness (QED) is 0.701. The Morgan fingerprint density at radius 2 is 2.12 bits per heavy atom. The highest BCUT2D eigenvalue weighted by molar-refractivity contribution is 5.26. The summed E-state index contributed by atoms with van der Waals surface area (Å²) in [4.78, 5) is 15.9. The van der Waals surface area contributed by atoms with E-state index in [9.17, 15) is 4.79 Å². The van der Waals surface area contributed by atoms with E-state index in [2.05, 4.69) is 15.4 Å². The van der Waals surface area contributed by atoms with Gasteiger partial charge < -0.3 is 5.32 Å². The van der Waals surface area contributed by atoms with Gasteiger partial charge in [0.2, 0.25) is 0 Å². The molecule has 3 heterocycles. The van der Waals surface area contributed by atoms with E-state index >= 15 is 0 Å². The Morgan fingerprint density at radius 1 is 1.31 bits per heavy atom. The topological polar surface area (TPSA) is 64.7 Å². The summed E-state index contributed by atoms with van der Waals surface area (Å²) in [6, 6.07) is 3.54. The van der Waals surface area contributed by atoms with E-state index in [1.165, 1.54) is 4.68 Å². The van der Waals surface area contributed by atoms with E-state index in [0.717, 1.165) is 18.1 Å². The molecule has 3 rings (SSSR count). The predicted octanol–water partition coefficient (Wildman–Crippen LogP) is -0.468. The van der Waals surface area contributed by atoms with Crippen LogP contribution in [-0.2, 0) is 13.1 Å². The van der Waals surface area contributed by atoms with E-state index in [-0.39, 0.29) is 5.69 Å². The summed E-state index contributed by atoms with van der Waals surface area (Å²) in [5, 5.41) is 7.48. The van der Waals surface area contributed by atoms with Gasteiger partial charge in [0.25, 0.3) is 0 Å². The van der Waals surface area contributed by atoms with Crippen molar-refractivity contribution in [3.05, 3.63) is 40.8 Å². The Bertz CT molecular complexity index is 556. The number of nitrogens with zero attached hydrogens (tertiary/aromatic N) is 4. The predicted molar refractivity (Wildman–Crippen MR) is 57.3 cm³/mol. The lowest BCUT2D eigenvalue weighted by Gasteiger charge is -2.11. The van der Waals surface area contributed by atoms with Crippen molar-refractivity contribution in [2.45, 2.75) is 13.1 Å². The van der Waals surface area contributed by atoms with Crippen LogP contribution in [0.5, 0.6) is 0 Å². The van der Waals surface area contributed by atoms with Gasteiger partial charge >= 0.3 is 5.69 Å². The fraction of sp³-hybridized carbons (Fsp3) is 0.300. The molecular formula is C10H11N5O. The van der Waals surface area contributed by atoms with Crippen molar-refractivity contribution in [2.24, 2.45) is 0 Å². The van der Waals surface area contributed by atoms with E-state index in [4.69, 9.17) is 0 Å². The number of aromatic nitrogens is 4. The molecule has 82 valence electrons. The number of fused-ring (bicyclic) bond motifs is 1. The third-order valence-corrected chi connectivity index (χ3v) is 2.64. The molecule has 0 saturated heterocycles. The van der Waals surface area contributed by atoms with Crippen molar-refractivity contribution in [3.8, 4) is 5.69 Å². The molecular weight excluding hydrogens is 206 g/mol. The molecule has 6 nitrogen and oxygen atoms in total. The summed E-state index contributed by atoms with van der Waals surface area (Å²) in [6.45, 7) is 2.14. The van der Waals surface area contributed by atoms with E-state index in [1.807, 2.05) is 0 Å². The first kappa shape index (κ1) is 9.29. The maximum Gasteiger partial charge on any atom is 0.350 e. The van der Waals surface area contributed by atoms with Gasteiger partial charge in [-0.2, -0.15) is 4.68 Å². The molecule has 0 spiro atoms. The number of rotatable bonds is 1. The highest BCUT2D eigenvalue weighted by atomic mass is 16.2. The van der Waals surface area contributed by atoms with Crippen molar-refractivity contribution >= 4 is 0 Å². The molecule has 1 aliphatic heterocycles. The maximum absolute atomic E-state index is 12.0. The normalized spacial score (nSPS) is 14.8. The van der Waals surface area contributed by atoms with Crippen LogP contribution < -0.4 is 11.0 Å². The zero-order valence-corrected chi connectivity index (χ0v) is 8.63. The van der Waals surface area contributed by atoms with E-state index in [1.54, 1.807) is 29.1 Å². The van der Waals surface area contributed by atoms with Crippen LogP contribution in [-0.4, -0.2) is 25.9 Å². The van der Waals surface area contributed by atoms with Crippen LogP contribution in [0, 0.1) is 0 Å². The minimum atomic E-state index is -0.0808. The van der Waals surface area contributed by atoms with Crippen molar-refractivity contribution in [3.63, 3.8) is 0 Å². The molecule has 0 aromatic carbocycles. The summed E-state index contributed by atoms with van der Waals surface area (Å²) < 4.78 is 3.13. The Morgan fingerprint density at radius 3 is 2.88 bits per heavy atom. The molecule has 0 saturated carbocycles. The molecule has 1 N–H and O–H groups in total. The molecule has 2 aromatic heterocycles. The average Bonchev–Trinajstić information content (AvgIpc) is 2.69. The Hall–Kier alpha value is -1.95. The summed E-state index contributed by atoms with van der Waals surface area (Å²) in [5.74, 6) is 0.785. The zero-order chi connectivity index (χ0) is 11.0. The Kier molecular flexibility index (Phi) is 2.07. The van der Waals surface area contributed by atoms with Crippen molar-refractivity contribution in [2.75, 3.05) is 6.54 Å². The number of nitrogens with one attached hydrogen (secondary N) is 1. The first-order valence-electron chi connectivity index (χ1n) is 5.16. The van der Waals surface area contributed by atoms with Crippen LogP contribution in [0.3, 0.4) is 0 Å². The fourth-order valence-corrected chi connectivity index (χ4v) is 1.84.